The van der Waals surface area contributed by atoms with E-state index in [1.807, 2.05) is 18.2 Å². The van der Waals surface area contributed by atoms with Crippen molar-refractivity contribution in [1.82, 2.24) is 5.32 Å². The van der Waals surface area contributed by atoms with Gasteiger partial charge in [-0.25, -0.2) is 0 Å². The van der Waals surface area contributed by atoms with Crippen molar-refractivity contribution in [2.24, 2.45) is 17.8 Å². The molecule has 0 aliphatic heterocycles. The van der Waals surface area contributed by atoms with Crippen LogP contribution in [0.5, 0.6) is 0 Å². The molecule has 5 atom stereocenters. The lowest BCUT2D eigenvalue weighted by molar-refractivity contribution is -0.123. The lowest BCUT2D eigenvalue weighted by atomic mass is 9.83. The second-order valence-corrected chi connectivity index (χ2v) is 7.01. The van der Waals surface area contributed by atoms with Gasteiger partial charge >= 0.3 is 0 Å². The minimum absolute atomic E-state index is 0.00718. The van der Waals surface area contributed by atoms with E-state index >= 15 is 0 Å². The summed E-state index contributed by atoms with van der Waals surface area (Å²) in [5.74, 6) is 2.71. The summed E-state index contributed by atoms with van der Waals surface area (Å²) in [6, 6.07) is 10.5. The maximum atomic E-state index is 12.6. The topological polar surface area (TPSA) is 29.1 Å². The lowest BCUT2D eigenvalue weighted by Crippen LogP contribution is -2.42. The van der Waals surface area contributed by atoms with E-state index in [0.717, 1.165) is 23.8 Å². The highest BCUT2D eigenvalue weighted by Crippen LogP contribution is 2.49. The smallest absolute Gasteiger partial charge is 0.227 e. The van der Waals surface area contributed by atoms with Gasteiger partial charge in [-0.2, -0.15) is 0 Å². The molecule has 1 amide bonds. The van der Waals surface area contributed by atoms with Crippen LogP contribution in [0.4, 0.5) is 0 Å². The average molecular weight is 285 g/mol. The van der Waals surface area contributed by atoms with Crippen molar-refractivity contribution in [2.45, 2.75) is 57.9 Å². The van der Waals surface area contributed by atoms with Gasteiger partial charge in [-0.15, -0.1) is 0 Å². The van der Waals surface area contributed by atoms with Gasteiger partial charge in [0.15, 0.2) is 0 Å². The van der Waals surface area contributed by atoms with Gasteiger partial charge in [-0.3, -0.25) is 4.79 Å². The highest BCUT2D eigenvalue weighted by Gasteiger charge is 2.42. The number of hydrogen-bond acceptors (Lipinski definition) is 1. The minimum Gasteiger partial charge on any atom is -0.353 e. The van der Waals surface area contributed by atoms with Gasteiger partial charge in [-0.05, 0) is 55.9 Å². The third-order valence-corrected chi connectivity index (χ3v) is 5.73. The highest BCUT2D eigenvalue weighted by molar-refractivity contribution is 5.83. The molecule has 114 valence electrons. The standard InChI is InChI=1S/C19H27NO/c1-3-17(15-7-5-4-6-8-15)19(21)20-13(2)18-12-14-9-10-16(18)11-14/h4-8,13-14,16-18H,3,9-12H2,1-2H3,(H,20,21). The maximum absolute atomic E-state index is 12.6. The third-order valence-electron chi connectivity index (χ3n) is 5.73. The van der Waals surface area contributed by atoms with Crippen molar-refractivity contribution in [3.63, 3.8) is 0 Å². The summed E-state index contributed by atoms with van der Waals surface area (Å²) in [7, 11) is 0. The Morgan fingerprint density at radius 3 is 2.57 bits per heavy atom. The van der Waals surface area contributed by atoms with Gasteiger partial charge in [0.2, 0.25) is 5.91 Å². The predicted octanol–water partition coefficient (Wildman–Crippen LogP) is 4.12. The normalized spacial score (nSPS) is 30.1. The molecule has 1 aromatic rings. The van der Waals surface area contributed by atoms with Crippen molar-refractivity contribution in [1.29, 1.82) is 0 Å². The average Bonchev–Trinajstić information content (AvgIpc) is 3.12. The monoisotopic (exact) mass is 285 g/mol. The second-order valence-electron chi connectivity index (χ2n) is 7.01. The molecule has 2 heteroatoms. The van der Waals surface area contributed by atoms with Gasteiger partial charge in [0.05, 0.1) is 5.92 Å². The van der Waals surface area contributed by atoms with Crippen LogP contribution in [-0.2, 0) is 4.79 Å². The summed E-state index contributed by atoms with van der Waals surface area (Å²) >= 11 is 0. The van der Waals surface area contributed by atoms with Crippen molar-refractivity contribution in [2.75, 3.05) is 0 Å². The summed E-state index contributed by atoms with van der Waals surface area (Å²) in [5, 5.41) is 3.32. The predicted molar refractivity (Wildman–Crippen MR) is 86.0 cm³/mol. The van der Waals surface area contributed by atoms with Crippen LogP contribution in [0.15, 0.2) is 30.3 Å². The number of benzene rings is 1. The molecule has 2 bridgehead atoms. The Kier molecular flexibility index (Phi) is 4.32. The third kappa shape index (κ3) is 3.00. The zero-order valence-electron chi connectivity index (χ0n) is 13.2. The number of fused-ring (bicyclic) bond motifs is 2. The molecule has 3 rings (SSSR count). The van der Waals surface area contributed by atoms with Crippen molar-refractivity contribution >= 4 is 5.91 Å². The molecule has 0 radical (unpaired) electrons. The molecule has 2 saturated carbocycles. The Morgan fingerprint density at radius 1 is 1.24 bits per heavy atom. The summed E-state index contributed by atoms with van der Waals surface area (Å²) in [4.78, 5) is 12.6. The molecular formula is C19H27NO. The molecule has 0 aromatic heterocycles. The van der Waals surface area contributed by atoms with Crippen molar-refractivity contribution in [3.8, 4) is 0 Å². The molecule has 2 aliphatic carbocycles. The summed E-state index contributed by atoms with van der Waals surface area (Å²) in [6.45, 7) is 4.31. The first-order valence-electron chi connectivity index (χ1n) is 8.54. The Balaban J connectivity index is 1.62. The summed E-state index contributed by atoms with van der Waals surface area (Å²) in [6.07, 6.45) is 6.39. The number of carbonyl (C=O) groups excluding carboxylic acids is 1. The maximum Gasteiger partial charge on any atom is 0.227 e. The summed E-state index contributed by atoms with van der Waals surface area (Å²) < 4.78 is 0. The van der Waals surface area contributed by atoms with E-state index in [1.54, 1.807) is 0 Å². The first kappa shape index (κ1) is 14.6. The minimum atomic E-state index is -0.00718. The van der Waals surface area contributed by atoms with Crippen LogP contribution in [0.1, 0.15) is 57.4 Å². The zero-order chi connectivity index (χ0) is 14.8. The lowest BCUT2D eigenvalue weighted by Gasteiger charge is -2.29. The van der Waals surface area contributed by atoms with Gasteiger partial charge < -0.3 is 5.32 Å². The molecule has 0 heterocycles. The van der Waals surface area contributed by atoms with E-state index in [9.17, 15) is 4.79 Å². The first-order valence-corrected chi connectivity index (χ1v) is 8.54. The number of hydrogen-bond donors (Lipinski definition) is 1. The van der Waals surface area contributed by atoms with Crippen molar-refractivity contribution in [3.05, 3.63) is 35.9 Å². The molecule has 2 aliphatic rings. The van der Waals surface area contributed by atoms with Crippen LogP contribution in [0.25, 0.3) is 0 Å². The highest BCUT2D eigenvalue weighted by atomic mass is 16.1. The van der Waals surface area contributed by atoms with E-state index in [2.05, 4.69) is 31.3 Å². The van der Waals surface area contributed by atoms with Gasteiger partial charge in [0.1, 0.15) is 0 Å². The van der Waals surface area contributed by atoms with Crippen LogP contribution >= 0.6 is 0 Å². The number of nitrogens with one attached hydrogen (secondary N) is 1. The fraction of sp³-hybridized carbons (Fsp3) is 0.632. The quantitative estimate of drug-likeness (QED) is 0.866. The molecule has 1 N–H and O–H groups in total. The first-order chi connectivity index (χ1) is 10.2. The Hall–Kier alpha value is -1.31. The molecule has 21 heavy (non-hydrogen) atoms. The van der Waals surface area contributed by atoms with E-state index in [1.165, 1.54) is 25.7 Å². The number of amides is 1. The van der Waals surface area contributed by atoms with Gasteiger partial charge in [0, 0.05) is 6.04 Å². The van der Waals surface area contributed by atoms with E-state index < -0.39 is 0 Å². The van der Waals surface area contributed by atoms with Crippen LogP contribution in [0, 0.1) is 17.8 Å². The molecule has 0 spiro atoms. The van der Waals surface area contributed by atoms with E-state index in [0.29, 0.717) is 12.0 Å². The Bertz CT molecular complexity index is 484. The second kappa shape index (κ2) is 6.21. The molecular weight excluding hydrogens is 258 g/mol. The van der Waals surface area contributed by atoms with Crippen molar-refractivity contribution < 1.29 is 4.79 Å². The van der Waals surface area contributed by atoms with Crippen LogP contribution in [0.2, 0.25) is 0 Å². The fourth-order valence-corrected chi connectivity index (χ4v) is 4.60. The molecule has 0 saturated heterocycles. The fourth-order valence-electron chi connectivity index (χ4n) is 4.60. The van der Waals surface area contributed by atoms with Crippen LogP contribution < -0.4 is 5.32 Å². The molecule has 2 fully saturated rings. The molecule has 1 aromatic carbocycles. The SMILES string of the molecule is CCC(C(=O)NC(C)C1CC2CCC1C2)c1ccccc1. The van der Waals surface area contributed by atoms with E-state index in [4.69, 9.17) is 0 Å². The number of rotatable bonds is 5. The van der Waals surface area contributed by atoms with Crippen LogP contribution in [-0.4, -0.2) is 11.9 Å². The van der Waals surface area contributed by atoms with Crippen LogP contribution in [0.3, 0.4) is 0 Å². The van der Waals surface area contributed by atoms with Gasteiger partial charge in [-0.1, -0.05) is 43.7 Å². The van der Waals surface area contributed by atoms with Gasteiger partial charge in [0.25, 0.3) is 0 Å². The zero-order valence-corrected chi connectivity index (χ0v) is 13.2. The van der Waals surface area contributed by atoms with E-state index in [-0.39, 0.29) is 11.8 Å². The Morgan fingerprint density at radius 2 is 2.00 bits per heavy atom. The molecule has 5 unspecified atom stereocenters. The molecule has 2 nitrogen and oxygen atoms in total. The summed E-state index contributed by atoms with van der Waals surface area (Å²) in [5.41, 5.74) is 1.14. The Labute approximate surface area is 128 Å². The largest absolute Gasteiger partial charge is 0.353 e. The number of carbonyl (C=O) groups is 1.